The minimum Gasteiger partial charge on any atom is -0.342 e. The van der Waals surface area contributed by atoms with Crippen molar-refractivity contribution in [2.24, 2.45) is 0 Å². The molecule has 1 saturated heterocycles. The summed E-state index contributed by atoms with van der Waals surface area (Å²) in [6.07, 6.45) is 4.40. The highest BCUT2D eigenvalue weighted by Gasteiger charge is 2.38. The van der Waals surface area contributed by atoms with Crippen molar-refractivity contribution in [2.45, 2.75) is 44.6 Å². The standard InChI is InChI=1S/C22H23N3O/c1-14-23-19-10-8-16(13-20(19)24-14)22(26)25-12-4-7-18-17-6-3-2-5-15(17)9-11-21(18)25/h2-3,5-6,8,10,13,18,21H,4,7,9,11-12H2,1H3,(H,23,24). The van der Waals surface area contributed by atoms with Gasteiger partial charge in [-0.2, -0.15) is 0 Å². The number of aryl methyl sites for hydroxylation is 2. The highest BCUT2D eigenvalue weighted by atomic mass is 16.2. The molecule has 26 heavy (non-hydrogen) atoms. The van der Waals surface area contributed by atoms with Gasteiger partial charge in [0.2, 0.25) is 0 Å². The van der Waals surface area contributed by atoms with Gasteiger partial charge in [-0.3, -0.25) is 4.79 Å². The average Bonchev–Trinajstić information content (AvgIpc) is 3.06. The van der Waals surface area contributed by atoms with E-state index in [0.29, 0.717) is 12.0 Å². The number of piperidine rings is 1. The van der Waals surface area contributed by atoms with Gasteiger partial charge in [-0.25, -0.2) is 4.98 Å². The van der Waals surface area contributed by atoms with E-state index in [-0.39, 0.29) is 5.91 Å². The normalized spacial score (nSPS) is 22.1. The van der Waals surface area contributed by atoms with Crippen molar-refractivity contribution in [3.63, 3.8) is 0 Å². The number of amides is 1. The molecule has 1 aliphatic carbocycles. The number of imidazole rings is 1. The summed E-state index contributed by atoms with van der Waals surface area (Å²) in [5, 5.41) is 0. The van der Waals surface area contributed by atoms with Gasteiger partial charge >= 0.3 is 0 Å². The lowest BCUT2D eigenvalue weighted by atomic mass is 9.74. The summed E-state index contributed by atoms with van der Waals surface area (Å²) in [5.74, 6) is 1.52. The summed E-state index contributed by atoms with van der Waals surface area (Å²) in [5.41, 5.74) is 5.55. The van der Waals surface area contributed by atoms with Crippen LogP contribution in [0.4, 0.5) is 0 Å². The molecule has 1 aliphatic heterocycles. The number of benzene rings is 2. The molecule has 1 fully saturated rings. The van der Waals surface area contributed by atoms with E-state index >= 15 is 0 Å². The van der Waals surface area contributed by atoms with Crippen LogP contribution < -0.4 is 0 Å². The highest BCUT2D eigenvalue weighted by Crippen LogP contribution is 2.41. The number of H-pyrrole nitrogens is 1. The molecule has 4 heteroatoms. The second-order valence-electron chi connectivity index (χ2n) is 7.61. The van der Waals surface area contributed by atoms with Gasteiger partial charge in [-0.1, -0.05) is 24.3 Å². The minimum absolute atomic E-state index is 0.160. The number of carbonyl (C=O) groups is 1. The molecule has 2 unspecified atom stereocenters. The van der Waals surface area contributed by atoms with Gasteiger partial charge in [0.25, 0.3) is 5.91 Å². The molecule has 2 atom stereocenters. The summed E-state index contributed by atoms with van der Waals surface area (Å²) in [7, 11) is 0. The largest absolute Gasteiger partial charge is 0.342 e. The Kier molecular flexibility index (Phi) is 3.59. The molecule has 1 N–H and O–H groups in total. The Morgan fingerprint density at radius 1 is 1.19 bits per heavy atom. The molecule has 2 aromatic carbocycles. The fourth-order valence-electron chi connectivity index (χ4n) is 4.89. The molecule has 4 nitrogen and oxygen atoms in total. The molecule has 2 heterocycles. The summed E-state index contributed by atoms with van der Waals surface area (Å²) in [6.45, 7) is 2.80. The van der Waals surface area contributed by atoms with Crippen molar-refractivity contribution in [3.05, 3.63) is 65.0 Å². The number of fused-ring (bicyclic) bond motifs is 4. The van der Waals surface area contributed by atoms with Crippen LogP contribution in [0.2, 0.25) is 0 Å². The highest BCUT2D eigenvalue weighted by molar-refractivity contribution is 5.97. The van der Waals surface area contributed by atoms with Gasteiger partial charge in [0.1, 0.15) is 5.82 Å². The smallest absolute Gasteiger partial charge is 0.254 e. The topological polar surface area (TPSA) is 49.0 Å². The van der Waals surface area contributed by atoms with Crippen molar-refractivity contribution in [1.29, 1.82) is 0 Å². The second-order valence-corrected chi connectivity index (χ2v) is 7.61. The predicted octanol–water partition coefficient (Wildman–Crippen LogP) is 4.21. The van der Waals surface area contributed by atoms with Crippen LogP contribution in [-0.4, -0.2) is 33.4 Å². The first-order valence-electron chi connectivity index (χ1n) is 9.56. The van der Waals surface area contributed by atoms with Crippen molar-refractivity contribution in [1.82, 2.24) is 14.9 Å². The molecule has 132 valence electrons. The zero-order valence-electron chi connectivity index (χ0n) is 15.0. The van der Waals surface area contributed by atoms with Gasteiger partial charge in [0, 0.05) is 24.1 Å². The van der Waals surface area contributed by atoms with Crippen molar-refractivity contribution < 1.29 is 4.79 Å². The zero-order valence-corrected chi connectivity index (χ0v) is 15.0. The van der Waals surface area contributed by atoms with E-state index in [1.165, 1.54) is 17.5 Å². The summed E-state index contributed by atoms with van der Waals surface area (Å²) in [4.78, 5) is 23.1. The maximum absolute atomic E-state index is 13.3. The third kappa shape index (κ3) is 2.44. The number of hydrogen-bond acceptors (Lipinski definition) is 2. The molecule has 1 aromatic heterocycles. The molecular weight excluding hydrogens is 322 g/mol. The Balaban J connectivity index is 1.48. The van der Waals surface area contributed by atoms with Crippen LogP contribution >= 0.6 is 0 Å². The van der Waals surface area contributed by atoms with Gasteiger partial charge in [0.05, 0.1) is 11.0 Å². The minimum atomic E-state index is 0.160. The summed E-state index contributed by atoms with van der Waals surface area (Å²) >= 11 is 0. The monoisotopic (exact) mass is 345 g/mol. The number of nitrogens with one attached hydrogen (secondary N) is 1. The Morgan fingerprint density at radius 2 is 2.08 bits per heavy atom. The van der Waals surface area contributed by atoms with E-state index in [1.807, 2.05) is 25.1 Å². The molecule has 0 bridgehead atoms. The quantitative estimate of drug-likeness (QED) is 0.718. The van der Waals surface area contributed by atoms with Gasteiger partial charge in [0.15, 0.2) is 0 Å². The predicted molar refractivity (Wildman–Crippen MR) is 102 cm³/mol. The van der Waals surface area contributed by atoms with Crippen molar-refractivity contribution >= 4 is 16.9 Å². The van der Waals surface area contributed by atoms with E-state index in [9.17, 15) is 4.79 Å². The lowest BCUT2D eigenvalue weighted by Gasteiger charge is -2.45. The lowest BCUT2D eigenvalue weighted by Crippen LogP contribution is -2.49. The van der Waals surface area contributed by atoms with E-state index < -0.39 is 0 Å². The molecule has 0 radical (unpaired) electrons. The molecular formula is C22H23N3O. The Labute approximate surface area is 153 Å². The van der Waals surface area contributed by atoms with E-state index in [1.54, 1.807) is 0 Å². The average molecular weight is 345 g/mol. The Bertz CT molecular complexity index is 990. The van der Waals surface area contributed by atoms with Gasteiger partial charge < -0.3 is 9.88 Å². The molecule has 0 saturated carbocycles. The first-order valence-corrected chi connectivity index (χ1v) is 9.56. The van der Waals surface area contributed by atoms with Crippen LogP contribution in [0.3, 0.4) is 0 Å². The van der Waals surface area contributed by atoms with Crippen LogP contribution in [0.25, 0.3) is 11.0 Å². The van der Waals surface area contributed by atoms with Crippen molar-refractivity contribution in [2.75, 3.05) is 6.54 Å². The number of aromatic amines is 1. The van der Waals surface area contributed by atoms with Crippen LogP contribution in [0.5, 0.6) is 0 Å². The number of hydrogen-bond donors (Lipinski definition) is 1. The fourth-order valence-corrected chi connectivity index (χ4v) is 4.89. The Hall–Kier alpha value is -2.62. The fraction of sp³-hybridized carbons (Fsp3) is 0.364. The first-order chi connectivity index (χ1) is 12.7. The van der Waals surface area contributed by atoms with Gasteiger partial charge in [-0.15, -0.1) is 0 Å². The van der Waals surface area contributed by atoms with Gasteiger partial charge in [-0.05, 0) is 61.9 Å². The maximum Gasteiger partial charge on any atom is 0.254 e. The maximum atomic E-state index is 13.3. The molecule has 0 spiro atoms. The zero-order chi connectivity index (χ0) is 17.7. The summed E-state index contributed by atoms with van der Waals surface area (Å²) < 4.78 is 0. The number of carbonyl (C=O) groups excluding carboxylic acids is 1. The SMILES string of the molecule is Cc1nc2ccc(C(=O)N3CCCC4c5ccccc5CCC43)cc2[nH]1. The second kappa shape index (κ2) is 5.97. The van der Waals surface area contributed by atoms with E-state index in [0.717, 1.165) is 48.2 Å². The number of nitrogens with zero attached hydrogens (tertiary/aromatic N) is 2. The third-order valence-electron chi connectivity index (χ3n) is 6.05. The van der Waals surface area contributed by atoms with Crippen LogP contribution in [0.15, 0.2) is 42.5 Å². The Morgan fingerprint density at radius 3 is 3.00 bits per heavy atom. The summed E-state index contributed by atoms with van der Waals surface area (Å²) in [6, 6.07) is 14.9. The van der Waals surface area contributed by atoms with E-state index in [2.05, 4.69) is 39.1 Å². The first kappa shape index (κ1) is 15.6. The van der Waals surface area contributed by atoms with E-state index in [4.69, 9.17) is 0 Å². The number of likely N-dealkylation sites (tertiary alicyclic amines) is 1. The third-order valence-corrected chi connectivity index (χ3v) is 6.05. The van der Waals surface area contributed by atoms with Crippen LogP contribution in [0, 0.1) is 6.92 Å². The molecule has 5 rings (SSSR count). The van der Waals surface area contributed by atoms with Crippen LogP contribution in [0.1, 0.15) is 52.5 Å². The number of aromatic nitrogens is 2. The number of rotatable bonds is 1. The lowest BCUT2D eigenvalue weighted by molar-refractivity contribution is 0.0547. The van der Waals surface area contributed by atoms with Crippen molar-refractivity contribution in [3.8, 4) is 0 Å². The molecule has 2 aliphatic rings. The molecule has 1 amide bonds. The van der Waals surface area contributed by atoms with Crippen LogP contribution in [-0.2, 0) is 6.42 Å². The molecule has 3 aromatic rings.